The van der Waals surface area contributed by atoms with Crippen LogP contribution in [0.5, 0.6) is 0 Å². The molecule has 3 N–H and O–H groups in total. The van der Waals surface area contributed by atoms with Crippen molar-refractivity contribution in [3.05, 3.63) is 35.5 Å². The SMILES string of the molecule is Cc1[nH]c2c(C)cccc2c1-c1cc(N)n(C)n1. The molecule has 0 atom stereocenters. The standard InChI is InChI=1S/C14H16N4/c1-8-5-4-6-10-13(9(2)16-14(8)10)11-7-12(15)18(3)17-11/h4-7,16H,15H2,1-3H3. The van der Waals surface area contributed by atoms with Crippen molar-refractivity contribution < 1.29 is 0 Å². The van der Waals surface area contributed by atoms with Crippen molar-refractivity contribution in [1.29, 1.82) is 0 Å². The fraction of sp³-hybridized carbons (Fsp3) is 0.214. The molecule has 0 aliphatic carbocycles. The van der Waals surface area contributed by atoms with Gasteiger partial charge in [0.05, 0.1) is 5.69 Å². The van der Waals surface area contributed by atoms with Crippen LogP contribution in [0.1, 0.15) is 11.3 Å². The number of rotatable bonds is 1. The first-order valence-electron chi connectivity index (χ1n) is 5.95. The molecule has 0 saturated heterocycles. The second-order valence-corrected chi connectivity index (χ2v) is 4.70. The van der Waals surface area contributed by atoms with Gasteiger partial charge in [-0.25, -0.2) is 0 Å². The average Bonchev–Trinajstić information content (AvgIpc) is 2.81. The number of aryl methyl sites for hydroxylation is 3. The highest BCUT2D eigenvalue weighted by atomic mass is 15.3. The van der Waals surface area contributed by atoms with E-state index in [4.69, 9.17) is 5.73 Å². The van der Waals surface area contributed by atoms with E-state index in [1.807, 2.05) is 13.1 Å². The minimum Gasteiger partial charge on any atom is -0.384 e. The van der Waals surface area contributed by atoms with Crippen LogP contribution in [0.25, 0.3) is 22.2 Å². The Morgan fingerprint density at radius 3 is 2.72 bits per heavy atom. The summed E-state index contributed by atoms with van der Waals surface area (Å²) < 4.78 is 1.70. The quantitative estimate of drug-likeness (QED) is 0.687. The van der Waals surface area contributed by atoms with Crippen LogP contribution in [0.15, 0.2) is 24.3 Å². The molecule has 0 amide bonds. The van der Waals surface area contributed by atoms with Gasteiger partial charge >= 0.3 is 0 Å². The molecule has 0 saturated carbocycles. The molecular weight excluding hydrogens is 224 g/mol. The van der Waals surface area contributed by atoms with Gasteiger partial charge in [-0.2, -0.15) is 5.10 Å². The molecule has 92 valence electrons. The van der Waals surface area contributed by atoms with Gasteiger partial charge in [0.2, 0.25) is 0 Å². The Balaban J connectivity index is 2.35. The fourth-order valence-corrected chi connectivity index (χ4v) is 2.43. The van der Waals surface area contributed by atoms with Gasteiger partial charge in [0.1, 0.15) is 5.82 Å². The maximum Gasteiger partial charge on any atom is 0.121 e. The van der Waals surface area contributed by atoms with E-state index in [0.29, 0.717) is 5.82 Å². The van der Waals surface area contributed by atoms with E-state index in [1.165, 1.54) is 16.5 Å². The first-order valence-corrected chi connectivity index (χ1v) is 5.95. The Labute approximate surface area is 105 Å². The number of nitrogens with one attached hydrogen (secondary N) is 1. The van der Waals surface area contributed by atoms with Gasteiger partial charge in [-0.1, -0.05) is 18.2 Å². The highest BCUT2D eigenvalue weighted by Crippen LogP contribution is 2.33. The lowest BCUT2D eigenvalue weighted by atomic mass is 10.1. The van der Waals surface area contributed by atoms with E-state index in [0.717, 1.165) is 17.0 Å². The molecule has 18 heavy (non-hydrogen) atoms. The summed E-state index contributed by atoms with van der Waals surface area (Å²) in [5.41, 5.74) is 11.5. The lowest BCUT2D eigenvalue weighted by molar-refractivity contribution is 0.782. The molecule has 3 aromatic rings. The van der Waals surface area contributed by atoms with Crippen molar-refractivity contribution in [3.8, 4) is 11.3 Å². The number of benzene rings is 1. The van der Waals surface area contributed by atoms with Crippen LogP contribution in [0.4, 0.5) is 5.82 Å². The molecule has 0 spiro atoms. The van der Waals surface area contributed by atoms with E-state index in [9.17, 15) is 0 Å². The number of H-pyrrole nitrogens is 1. The Morgan fingerprint density at radius 2 is 2.06 bits per heavy atom. The van der Waals surface area contributed by atoms with Crippen LogP contribution in [0.3, 0.4) is 0 Å². The molecule has 0 radical (unpaired) electrons. The minimum atomic E-state index is 0.673. The van der Waals surface area contributed by atoms with Crippen LogP contribution in [-0.2, 0) is 7.05 Å². The Hall–Kier alpha value is -2.23. The summed E-state index contributed by atoms with van der Waals surface area (Å²) in [5, 5.41) is 5.66. The molecule has 3 rings (SSSR count). The maximum absolute atomic E-state index is 5.86. The normalized spacial score (nSPS) is 11.3. The lowest BCUT2D eigenvalue weighted by Crippen LogP contribution is -1.96. The van der Waals surface area contributed by atoms with Crippen molar-refractivity contribution in [2.24, 2.45) is 7.05 Å². The summed E-state index contributed by atoms with van der Waals surface area (Å²) >= 11 is 0. The van der Waals surface area contributed by atoms with E-state index in [2.05, 4.69) is 42.1 Å². The predicted molar refractivity (Wildman–Crippen MR) is 74.4 cm³/mol. The second-order valence-electron chi connectivity index (χ2n) is 4.70. The average molecular weight is 240 g/mol. The predicted octanol–water partition coefficient (Wildman–Crippen LogP) is 2.77. The molecule has 2 aromatic heterocycles. The third-order valence-electron chi connectivity index (χ3n) is 3.40. The van der Waals surface area contributed by atoms with Crippen LogP contribution in [0, 0.1) is 13.8 Å². The third kappa shape index (κ3) is 1.42. The molecule has 0 aliphatic heterocycles. The zero-order valence-electron chi connectivity index (χ0n) is 10.8. The monoisotopic (exact) mass is 240 g/mol. The van der Waals surface area contributed by atoms with Crippen molar-refractivity contribution in [3.63, 3.8) is 0 Å². The molecule has 0 fully saturated rings. The number of aromatic nitrogens is 3. The molecule has 0 unspecified atom stereocenters. The van der Waals surface area contributed by atoms with Crippen molar-refractivity contribution in [2.45, 2.75) is 13.8 Å². The molecule has 1 aromatic carbocycles. The van der Waals surface area contributed by atoms with Gasteiger partial charge < -0.3 is 10.7 Å². The highest BCUT2D eigenvalue weighted by molar-refractivity contribution is 5.98. The van der Waals surface area contributed by atoms with Crippen LogP contribution < -0.4 is 5.73 Å². The summed E-state index contributed by atoms with van der Waals surface area (Å²) in [4.78, 5) is 3.43. The van der Waals surface area contributed by atoms with Gasteiger partial charge in [-0.15, -0.1) is 0 Å². The first-order chi connectivity index (χ1) is 8.58. The Bertz CT molecular complexity index is 714. The zero-order valence-corrected chi connectivity index (χ0v) is 10.8. The van der Waals surface area contributed by atoms with Crippen LogP contribution >= 0.6 is 0 Å². The van der Waals surface area contributed by atoms with Crippen LogP contribution in [-0.4, -0.2) is 14.8 Å². The molecule has 0 aliphatic rings. The van der Waals surface area contributed by atoms with E-state index in [-0.39, 0.29) is 0 Å². The minimum absolute atomic E-state index is 0.673. The van der Waals surface area contributed by atoms with Crippen molar-refractivity contribution >= 4 is 16.7 Å². The largest absolute Gasteiger partial charge is 0.384 e. The van der Waals surface area contributed by atoms with Gasteiger partial charge in [0.25, 0.3) is 0 Å². The molecular formula is C14H16N4. The number of hydrogen-bond acceptors (Lipinski definition) is 2. The first kappa shape index (κ1) is 10.9. The number of para-hydroxylation sites is 1. The van der Waals surface area contributed by atoms with Crippen LogP contribution in [0.2, 0.25) is 0 Å². The molecule has 4 heteroatoms. The third-order valence-corrected chi connectivity index (χ3v) is 3.40. The summed E-state index contributed by atoms with van der Waals surface area (Å²) in [5.74, 6) is 0.673. The molecule has 2 heterocycles. The summed E-state index contributed by atoms with van der Waals surface area (Å²) in [6.07, 6.45) is 0. The van der Waals surface area contributed by atoms with E-state index < -0.39 is 0 Å². The zero-order chi connectivity index (χ0) is 12.9. The van der Waals surface area contributed by atoms with Crippen molar-refractivity contribution in [2.75, 3.05) is 5.73 Å². The number of nitrogen functional groups attached to an aromatic ring is 1. The molecule has 0 bridgehead atoms. The van der Waals surface area contributed by atoms with Gasteiger partial charge in [0.15, 0.2) is 0 Å². The van der Waals surface area contributed by atoms with Gasteiger partial charge in [0, 0.05) is 35.3 Å². The highest BCUT2D eigenvalue weighted by Gasteiger charge is 2.14. The second kappa shape index (κ2) is 3.63. The number of nitrogens with two attached hydrogens (primary N) is 1. The van der Waals surface area contributed by atoms with E-state index in [1.54, 1.807) is 4.68 Å². The number of nitrogens with zero attached hydrogens (tertiary/aromatic N) is 2. The van der Waals surface area contributed by atoms with Crippen molar-refractivity contribution in [1.82, 2.24) is 14.8 Å². The summed E-state index contributed by atoms with van der Waals surface area (Å²) in [7, 11) is 1.86. The van der Waals surface area contributed by atoms with E-state index >= 15 is 0 Å². The van der Waals surface area contributed by atoms with Gasteiger partial charge in [-0.05, 0) is 19.4 Å². The smallest absolute Gasteiger partial charge is 0.121 e. The Morgan fingerprint density at radius 1 is 1.28 bits per heavy atom. The number of fused-ring (bicyclic) bond motifs is 1. The number of anilines is 1. The lowest BCUT2D eigenvalue weighted by Gasteiger charge is -1.97. The molecule has 4 nitrogen and oxygen atoms in total. The summed E-state index contributed by atoms with van der Waals surface area (Å²) in [6.45, 7) is 4.18. The Kier molecular flexibility index (Phi) is 2.20. The maximum atomic E-state index is 5.86. The number of hydrogen-bond donors (Lipinski definition) is 2. The number of aromatic amines is 1. The van der Waals surface area contributed by atoms with Gasteiger partial charge in [-0.3, -0.25) is 4.68 Å². The topological polar surface area (TPSA) is 59.6 Å². The fourth-order valence-electron chi connectivity index (χ4n) is 2.43. The summed E-state index contributed by atoms with van der Waals surface area (Å²) in [6, 6.07) is 8.21.